The van der Waals surface area contributed by atoms with Gasteiger partial charge in [-0.1, -0.05) is 53.5 Å². The fourth-order valence-electron chi connectivity index (χ4n) is 6.53. The highest BCUT2D eigenvalue weighted by molar-refractivity contribution is 7.89. The normalized spacial score (nSPS) is 23.9. The van der Waals surface area contributed by atoms with Crippen molar-refractivity contribution in [1.82, 2.24) is 9.31 Å². The fraction of sp³-hybridized carbons (Fsp3) is 0.343. The maximum Gasteiger partial charge on any atom is 0.325 e. The zero-order chi connectivity index (χ0) is 33.5. The summed E-state index contributed by atoms with van der Waals surface area (Å²) in [5, 5.41) is 17.8. The Morgan fingerprint density at radius 2 is 1.68 bits per heavy atom. The predicted octanol–water partition coefficient (Wildman–Crippen LogP) is 6.10. The molecule has 3 aromatic rings. The van der Waals surface area contributed by atoms with Gasteiger partial charge in [-0.15, -0.1) is 0 Å². The van der Waals surface area contributed by atoms with Crippen LogP contribution < -0.4 is 0 Å². The van der Waals surface area contributed by atoms with Crippen LogP contribution in [-0.4, -0.2) is 65.7 Å². The molecule has 9 nitrogen and oxygen atoms in total. The van der Waals surface area contributed by atoms with Crippen LogP contribution in [0.2, 0.25) is 10.0 Å². The summed E-state index contributed by atoms with van der Waals surface area (Å²) in [5.74, 6) is -1.54. The van der Waals surface area contributed by atoms with Crippen LogP contribution in [0.25, 0.3) is 6.08 Å². The van der Waals surface area contributed by atoms with Crippen LogP contribution in [0.1, 0.15) is 54.0 Å². The maximum atomic E-state index is 13.8. The van der Waals surface area contributed by atoms with E-state index in [0.29, 0.717) is 10.0 Å². The van der Waals surface area contributed by atoms with E-state index < -0.39 is 46.7 Å². The lowest BCUT2D eigenvalue weighted by atomic mass is 9.77. The number of amides is 1. The largest absolute Gasteiger partial charge is 0.454 e. The van der Waals surface area contributed by atoms with E-state index in [1.54, 1.807) is 31.2 Å². The lowest BCUT2D eigenvalue weighted by molar-refractivity contribution is -0.155. The van der Waals surface area contributed by atoms with Crippen LogP contribution in [-0.2, 0) is 24.3 Å². The number of esters is 1. The van der Waals surface area contributed by atoms with Crippen molar-refractivity contribution in [1.29, 1.82) is 0 Å². The smallest absolute Gasteiger partial charge is 0.325 e. The number of hydrogen-bond donors (Lipinski definition) is 1. The number of carbonyl (C=O) groups is 2. The molecule has 1 amide bonds. The van der Waals surface area contributed by atoms with E-state index >= 15 is 0 Å². The van der Waals surface area contributed by atoms with E-state index in [0.717, 1.165) is 57.1 Å². The van der Waals surface area contributed by atoms with E-state index in [1.807, 2.05) is 43.3 Å². The number of carbonyl (C=O) groups excluding carboxylic acids is 2. The van der Waals surface area contributed by atoms with Crippen molar-refractivity contribution in [3.05, 3.63) is 105 Å². The molecular weight excluding hydrogens is 661 g/mol. The third-order valence-corrected chi connectivity index (χ3v) is 11.5. The van der Waals surface area contributed by atoms with E-state index in [4.69, 9.17) is 33.0 Å². The molecule has 2 fully saturated rings. The fourth-order valence-corrected chi connectivity index (χ4v) is 8.49. The number of allylic oxidation sites excluding steroid dienone is 1. The van der Waals surface area contributed by atoms with Gasteiger partial charge in [-0.2, -0.15) is 9.41 Å². The standard InChI is InChI=1S/C35H35Cl2N3O6S/c1-21-6-15-29(16-22(21)2)47(44,45)39-19-28(41)18-31(39)35(43)46-20-32(42)40-34(24-9-13-27(37)14-10-24)30-5-3-4-25(33(30)38-40)17-23-7-11-26(36)12-8-23/h6-17,28,30-31,34,41H,3-5,18-20H2,1-2H3/b25-17+/t28-,30-,31+,34-/m0/s1. The molecule has 6 rings (SSSR count). The van der Waals surface area contributed by atoms with Crippen LogP contribution in [0.3, 0.4) is 0 Å². The third-order valence-electron chi connectivity index (χ3n) is 9.11. The second-order valence-corrected chi connectivity index (χ2v) is 15.0. The molecule has 0 bridgehead atoms. The number of hydrogen-bond acceptors (Lipinski definition) is 7. The molecule has 0 spiro atoms. The minimum atomic E-state index is -4.13. The Morgan fingerprint density at radius 1 is 1.00 bits per heavy atom. The summed E-state index contributed by atoms with van der Waals surface area (Å²) in [7, 11) is -4.13. The maximum absolute atomic E-state index is 13.8. The second kappa shape index (κ2) is 13.5. The van der Waals surface area contributed by atoms with E-state index in [2.05, 4.69) is 6.08 Å². The van der Waals surface area contributed by atoms with Crippen molar-refractivity contribution in [3.8, 4) is 0 Å². The number of rotatable bonds is 7. The van der Waals surface area contributed by atoms with Crippen molar-refractivity contribution in [2.75, 3.05) is 13.2 Å². The van der Waals surface area contributed by atoms with E-state index in [9.17, 15) is 23.1 Å². The summed E-state index contributed by atoms with van der Waals surface area (Å²) >= 11 is 12.3. The minimum Gasteiger partial charge on any atom is -0.454 e. The van der Waals surface area contributed by atoms with Crippen molar-refractivity contribution in [3.63, 3.8) is 0 Å². The Labute approximate surface area is 284 Å². The number of aryl methyl sites for hydroxylation is 2. The van der Waals surface area contributed by atoms with Crippen molar-refractivity contribution in [2.45, 2.75) is 62.6 Å². The third kappa shape index (κ3) is 6.89. The first-order chi connectivity index (χ1) is 22.4. The zero-order valence-corrected chi connectivity index (χ0v) is 28.3. The van der Waals surface area contributed by atoms with Gasteiger partial charge in [-0.3, -0.25) is 9.59 Å². The van der Waals surface area contributed by atoms with Gasteiger partial charge in [0.05, 0.1) is 22.8 Å². The molecule has 246 valence electrons. The summed E-state index contributed by atoms with van der Waals surface area (Å²) in [6.07, 6.45) is 3.36. The van der Waals surface area contributed by atoms with Crippen LogP contribution in [0, 0.1) is 19.8 Å². The SMILES string of the molecule is Cc1ccc(S(=O)(=O)N2C[C@@H](O)C[C@@H]2C(=O)OCC(=O)N2N=C3/C(=C/c4ccc(Cl)cc4)CCC[C@@H]3[C@@H]2c2ccc(Cl)cc2)cc1C. The highest BCUT2D eigenvalue weighted by Gasteiger charge is 2.46. The molecule has 0 aromatic heterocycles. The van der Waals surface area contributed by atoms with Crippen molar-refractivity contribution >= 4 is 56.9 Å². The molecular formula is C35H35Cl2N3O6S. The molecule has 47 heavy (non-hydrogen) atoms. The Balaban J connectivity index is 1.24. The Kier molecular flexibility index (Phi) is 9.60. The van der Waals surface area contributed by atoms with E-state index in [1.165, 1.54) is 11.1 Å². The lowest BCUT2D eigenvalue weighted by Crippen LogP contribution is -2.42. The summed E-state index contributed by atoms with van der Waals surface area (Å²) in [5.41, 5.74) is 5.33. The molecule has 12 heteroatoms. The number of hydrazone groups is 1. The molecule has 2 heterocycles. The number of aliphatic hydroxyl groups is 1. The van der Waals surface area contributed by atoms with Gasteiger partial charge >= 0.3 is 5.97 Å². The lowest BCUT2D eigenvalue weighted by Gasteiger charge is -2.29. The predicted molar refractivity (Wildman–Crippen MR) is 180 cm³/mol. The first-order valence-electron chi connectivity index (χ1n) is 15.5. The summed E-state index contributed by atoms with van der Waals surface area (Å²) in [6, 6.07) is 17.8. The zero-order valence-electron chi connectivity index (χ0n) is 26.0. The molecule has 4 atom stereocenters. The van der Waals surface area contributed by atoms with Gasteiger partial charge in [0, 0.05) is 28.9 Å². The molecule has 2 aliphatic heterocycles. The van der Waals surface area contributed by atoms with Gasteiger partial charge in [0.15, 0.2) is 6.61 Å². The van der Waals surface area contributed by atoms with Gasteiger partial charge in [0.2, 0.25) is 10.0 Å². The van der Waals surface area contributed by atoms with Gasteiger partial charge in [0.25, 0.3) is 5.91 Å². The molecule has 1 saturated heterocycles. The Bertz CT molecular complexity index is 1860. The van der Waals surface area contributed by atoms with Crippen LogP contribution >= 0.6 is 23.2 Å². The summed E-state index contributed by atoms with van der Waals surface area (Å²) < 4.78 is 33.5. The number of fused-ring (bicyclic) bond motifs is 1. The number of sulfonamides is 1. The van der Waals surface area contributed by atoms with Gasteiger partial charge in [-0.25, -0.2) is 13.4 Å². The first-order valence-corrected chi connectivity index (χ1v) is 17.7. The molecule has 0 unspecified atom stereocenters. The molecule has 3 aromatic carbocycles. The molecule has 0 radical (unpaired) electrons. The molecule has 1 saturated carbocycles. The number of nitrogens with zero attached hydrogens (tertiary/aromatic N) is 3. The molecule has 1 N–H and O–H groups in total. The average molecular weight is 697 g/mol. The van der Waals surface area contributed by atoms with Crippen LogP contribution in [0.15, 0.2) is 82.3 Å². The first kappa shape index (κ1) is 33.4. The number of aliphatic hydroxyl groups excluding tert-OH is 1. The van der Waals surface area contributed by atoms with Gasteiger partial charge in [-0.05, 0) is 103 Å². The number of β-amino-alcohol motifs (C(OH)–C–C–N with tert-alkyl or cyclic N) is 1. The summed E-state index contributed by atoms with van der Waals surface area (Å²) in [6.45, 7) is 2.77. The van der Waals surface area contributed by atoms with Gasteiger partial charge in [0.1, 0.15) is 6.04 Å². The Hall–Kier alpha value is -3.54. The minimum absolute atomic E-state index is 0.0207. The molecule has 1 aliphatic carbocycles. The van der Waals surface area contributed by atoms with Crippen molar-refractivity contribution < 1.29 is 27.9 Å². The monoisotopic (exact) mass is 695 g/mol. The van der Waals surface area contributed by atoms with Crippen molar-refractivity contribution in [2.24, 2.45) is 11.0 Å². The average Bonchev–Trinajstić information content (AvgIpc) is 3.65. The molecule has 3 aliphatic rings. The number of halogens is 2. The van der Waals surface area contributed by atoms with Gasteiger partial charge < -0.3 is 9.84 Å². The van der Waals surface area contributed by atoms with E-state index in [-0.39, 0.29) is 23.8 Å². The second-order valence-electron chi connectivity index (χ2n) is 12.3. The highest BCUT2D eigenvalue weighted by Crippen LogP contribution is 2.44. The van der Waals surface area contributed by atoms with Crippen LogP contribution in [0.5, 0.6) is 0 Å². The topological polar surface area (TPSA) is 117 Å². The number of benzene rings is 3. The number of ether oxygens (including phenoxy) is 1. The highest BCUT2D eigenvalue weighted by atomic mass is 35.5. The Morgan fingerprint density at radius 3 is 2.36 bits per heavy atom. The van der Waals surface area contributed by atoms with Crippen LogP contribution in [0.4, 0.5) is 0 Å². The summed E-state index contributed by atoms with van der Waals surface area (Å²) in [4.78, 5) is 27.2. The quantitative estimate of drug-likeness (QED) is 0.299.